The van der Waals surface area contributed by atoms with Gasteiger partial charge in [-0.1, -0.05) is 94.8 Å². The number of benzene rings is 1. The van der Waals surface area contributed by atoms with Crippen molar-refractivity contribution in [1.29, 1.82) is 0 Å². The van der Waals surface area contributed by atoms with Crippen molar-refractivity contribution >= 4 is 17.6 Å². The van der Waals surface area contributed by atoms with Gasteiger partial charge in [0, 0.05) is 28.2 Å². The van der Waals surface area contributed by atoms with Gasteiger partial charge in [0.15, 0.2) is 11.7 Å². The molecule has 5 heterocycles. The highest BCUT2D eigenvalue weighted by Crippen LogP contribution is 2.74. The molecular weight excluding hydrogens is 684 g/mol. The Bertz CT molecular complexity index is 1620. The summed E-state index contributed by atoms with van der Waals surface area (Å²) in [6, 6.07) is 8.79. The number of epoxide rings is 1. The Hall–Kier alpha value is -1.94. The minimum atomic E-state index is -2.44. The second kappa shape index (κ2) is 12.0. The lowest BCUT2D eigenvalue weighted by Gasteiger charge is -2.73. The minimum absolute atomic E-state index is 0.0118. The summed E-state index contributed by atoms with van der Waals surface area (Å²) >= 11 is 6.42. The third-order valence-corrected chi connectivity index (χ3v) is 13.7. The largest absolute Gasteiger partial charge is 0.454 e. The van der Waals surface area contributed by atoms with E-state index < -0.39 is 101 Å². The zero-order valence-electron chi connectivity index (χ0n) is 29.1. The summed E-state index contributed by atoms with van der Waals surface area (Å²) in [6.45, 7) is 3.89. The highest BCUT2D eigenvalue weighted by Gasteiger charge is 2.90. The zero-order valence-corrected chi connectivity index (χ0v) is 29.9. The molecule has 9 rings (SSSR count). The van der Waals surface area contributed by atoms with E-state index in [1.165, 1.54) is 5.54 Å². The van der Waals surface area contributed by atoms with E-state index in [-0.39, 0.29) is 23.5 Å². The highest BCUT2D eigenvalue weighted by atomic mass is 35.5. The molecule has 0 aromatic heterocycles. The number of esters is 1. The van der Waals surface area contributed by atoms with Crippen LogP contribution >= 0.6 is 11.6 Å². The van der Waals surface area contributed by atoms with Crippen molar-refractivity contribution in [2.75, 3.05) is 13.2 Å². The van der Waals surface area contributed by atoms with Gasteiger partial charge in [-0.3, -0.25) is 4.79 Å². The summed E-state index contributed by atoms with van der Waals surface area (Å²) in [5, 5.41) is 73.3. The number of aliphatic hydroxyl groups is 6. The van der Waals surface area contributed by atoms with E-state index in [2.05, 4.69) is 0 Å². The first-order valence-electron chi connectivity index (χ1n) is 18.3. The quantitative estimate of drug-likeness (QED) is 0.197. The van der Waals surface area contributed by atoms with Crippen LogP contribution in [0.25, 0.3) is 0 Å². The molecule has 2 saturated carbocycles. The molecule has 8 bridgehead atoms. The molecule has 12 nitrogen and oxygen atoms in total. The van der Waals surface area contributed by atoms with E-state index >= 15 is 0 Å². The van der Waals surface area contributed by atoms with Crippen molar-refractivity contribution in [1.82, 2.24) is 0 Å². The van der Waals surface area contributed by atoms with E-state index in [0.717, 1.165) is 25.7 Å². The molecule has 1 aromatic carbocycles. The van der Waals surface area contributed by atoms with Crippen LogP contribution in [-0.2, 0) is 34.5 Å². The molecule has 13 heteroatoms. The smallest absolute Gasteiger partial charge is 0.313 e. The fourth-order valence-electron chi connectivity index (χ4n) is 10.7. The number of hydrogen-bond donors (Lipinski definition) is 6. The Kier molecular flexibility index (Phi) is 8.51. The summed E-state index contributed by atoms with van der Waals surface area (Å²) in [5.41, 5.74) is -8.49. The average molecular weight is 733 g/mol. The van der Waals surface area contributed by atoms with Crippen LogP contribution < -0.4 is 0 Å². The van der Waals surface area contributed by atoms with E-state index in [1.807, 2.05) is 6.92 Å². The maximum atomic E-state index is 13.7. The van der Waals surface area contributed by atoms with Crippen molar-refractivity contribution in [2.24, 2.45) is 23.7 Å². The summed E-state index contributed by atoms with van der Waals surface area (Å²) in [4.78, 5) is 13.7. The fourth-order valence-corrected chi connectivity index (χ4v) is 10.9. The SMILES string of the molecule is C[C@@H]1CCCCCC[C@@H](C)C(=O)O[C@H]2C(=CCl)C=C3[C@]2(O)[C@H](O)[C@@]2(CO)O[C@H]2[C@H]2[C@H]4O[C@]5(c6ccccc6)O[C@@H]([C@@H](C)[C@]32O5)[C@@]4(O)[C@@](O)(CO)C1. The molecule has 5 saturated heterocycles. The van der Waals surface area contributed by atoms with Crippen LogP contribution in [0.1, 0.15) is 71.3 Å². The van der Waals surface area contributed by atoms with Gasteiger partial charge in [-0.15, -0.1) is 0 Å². The Balaban J connectivity index is 1.39. The van der Waals surface area contributed by atoms with Crippen LogP contribution in [0, 0.1) is 23.7 Å². The molecule has 51 heavy (non-hydrogen) atoms. The molecule has 0 amide bonds. The molecule has 3 aliphatic carbocycles. The maximum absolute atomic E-state index is 13.7. The van der Waals surface area contributed by atoms with Gasteiger partial charge in [-0.25, -0.2) is 0 Å². The van der Waals surface area contributed by atoms with Gasteiger partial charge in [-0.2, -0.15) is 0 Å². The monoisotopic (exact) mass is 732 g/mol. The Morgan fingerprint density at radius 1 is 0.902 bits per heavy atom. The molecule has 0 unspecified atom stereocenters. The van der Waals surface area contributed by atoms with Crippen molar-refractivity contribution in [3.63, 3.8) is 0 Å². The molecule has 280 valence electrons. The average Bonchev–Trinajstić information content (AvgIpc) is 3.80. The summed E-state index contributed by atoms with van der Waals surface area (Å²) in [6.07, 6.45) is -1.02. The van der Waals surface area contributed by atoms with Crippen LogP contribution in [0.4, 0.5) is 0 Å². The van der Waals surface area contributed by atoms with Gasteiger partial charge in [0.05, 0.1) is 25.0 Å². The van der Waals surface area contributed by atoms with Gasteiger partial charge >= 0.3 is 11.9 Å². The van der Waals surface area contributed by atoms with E-state index in [9.17, 15) is 35.4 Å². The molecular formula is C38H49ClO12. The Morgan fingerprint density at radius 2 is 1.59 bits per heavy atom. The van der Waals surface area contributed by atoms with Crippen LogP contribution in [0.2, 0.25) is 0 Å². The van der Waals surface area contributed by atoms with E-state index in [0.29, 0.717) is 18.4 Å². The molecule has 15 atom stereocenters. The van der Waals surface area contributed by atoms with E-state index in [1.54, 1.807) is 50.3 Å². The number of ether oxygens (including phenoxy) is 5. The Labute approximate surface area is 301 Å². The van der Waals surface area contributed by atoms with Gasteiger partial charge in [0.25, 0.3) is 0 Å². The van der Waals surface area contributed by atoms with Crippen molar-refractivity contribution < 1.29 is 59.1 Å². The number of aliphatic hydroxyl groups excluding tert-OH is 3. The standard InChI is InChI=1S/C38H49ClO12/c1-20-11-7-4-5-8-12-21(2)31(42)47-28-23(17-39)15-25-35(28,45)32(43)34(19-41)29(48-34)26-30-37(46,33(44,16-20)18-40)27-22(3)36(25,26)51-38(49-27,50-30)24-13-9-6-10-14-24/h6,9-10,13-15,17,20-22,26-30,32,40-41,43-46H,4-5,7-8,11-12,16,18-19H2,1-3H3/t20-,21-,22-,26+,27+,28+,29+,30-,32-,33+,34+,35-,36+,37+,38+/m1/s1. The van der Waals surface area contributed by atoms with Crippen LogP contribution in [0.15, 0.2) is 53.1 Å². The molecule has 0 radical (unpaired) electrons. The lowest BCUT2D eigenvalue weighted by molar-refractivity contribution is -0.584. The summed E-state index contributed by atoms with van der Waals surface area (Å²) in [5.74, 6) is -5.26. The maximum Gasteiger partial charge on any atom is 0.313 e. The third-order valence-electron chi connectivity index (χ3n) is 13.4. The lowest BCUT2D eigenvalue weighted by atomic mass is 9.50. The van der Waals surface area contributed by atoms with Gasteiger partial charge < -0.3 is 54.3 Å². The third kappa shape index (κ3) is 4.53. The van der Waals surface area contributed by atoms with Crippen LogP contribution in [-0.4, -0.2) is 108 Å². The Morgan fingerprint density at radius 3 is 2.25 bits per heavy atom. The number of rotatable bonds is 3. The van der Waals surface area contributed by atoms with Crippen LogP contribution in [0.5, 0.6) is 0 Å². The predicted octanol–water partition coefficient (Wildman–Crippen LogP) is 2.30. The minimum Gasteiger partial charge on any atom is -0.454 e. The molecule has 5 aliphatic heterocycles. The van der Waals surface area contributed by atoms with Gasteiger partial charge in [-0.05, 0) is 24.8 Å². The van der Waals surface area contributed by atoms with Crippen molar-refractivity contribution in [3.8, 4) is 0 Å². The highest BCUT2D eigenvalue weighted by molar-refractivity contribution is 6.26. The van der Waals surface area contributed by atoms with Crippen LogP contribution in [0.3, 0.4) is 0 Å². The summed E-state index contributed by atoms with van der Waals surface area (Å²) < 4.78 is 32.9. The number of fused-ring (bicyclic) bond motifs is 1. The number of carbonyl (C=O) groups excluding carboxylic acids is 1. The first kappa shape index (κ1) is 36.1. The number of carbonyl (C=O) groups is 1. The normalized spacial score (nSPS) is 52.8. The molecule has 7 fully saturated rings. The first-order chi connectivity index (χ1) is 24.2. The van der Waals surface area contributed by atoms with Crippen molar-refractivity contribution in [2.45, 2.75) is 130 Å². The predicted molar refractivity (Wildman–Crippen MR) is 180 cm³/mol. The lowest BCUT2D eigenvalue weighted by Crippen LogP contribution is -2.89. The number of halogens is 1. The first-order valence-corrected chi connectivity index (χ1v) is 18.8. The molecule has 8 aliphatic rings. The topological polar surface area (TPSA) is 188 Å². The number of hydrogen-bond acceptors (Lipinski definition) is 12. The molecule has 1 spiro atoms. The van der Waals surface area contributed by atoms with Crippen molar-refractivity contribution in [3.05, 3.63) is 58.7 Å². The molecule has 6 N–H and O–H groups in total. The summed E-state index contributed by atoms with van der Waals surface area (Å²) in [7, 11) is 0. The van der Waals surface area contributed by atoms with Gasteiger partial charge in [0.2, 0.25) is 0 Å². The molecule has 1 aromatic rings. The fraction of sp³-hybridized carbons (Fsp3) is 0.711. The zero-order chi connectivity index (χ0) is 36.4. The second-order valence-corrected chi connectivity index (χ2v) is 16.5. The van der Waals surface area contributed by atoms with E-state index in [4.69, 9.17) is 35.3 Å². The second-order valence-electron chi connectivity index (χ2n) is 16.3. The van der Waals surface area contributed by atoms with Gasteiger partial charge in [0.1, 0.15) is 46.8 Å².